The van der Waals surface area contributed by atoms with Crippen molar-refractivity contribution in [2.24, 2.45) is 5.92 Å². The van der Waals surface area contributed by atoms with Crippen molar-refractivity contribution in [1.82, 2.24) is 34.7 Å². The molecule has 166 valence electrons. The number of aliphatic carboxylic acids is 1. The molecule has 1 N–H and O–H groups in total. The fourth-order valence-corrected chi connectivity index (χ4v) is 5.66. The van der Waals surface area contributed by atoms with Crippen molar-refractivity contribution < 1.29 is 14.7 Å². The third-order valence-electron chi connectivity index (χ3n) is 7.56. The van der Waals surface area contributed by atoms with Crippen molar-refractivity contribution in [2.75, 3.05) is 6.54 Å². The Hall–Kier alpha value is -2.78. The first-order valence-electron chi connectivity index (χ1n) is 11.3. The molecule has 4 fully saturated rings. The van der Waals surface area contributed by atoms with Crippen LogP contribution in [0, 0.1) is 5.92 Å². The number of hydrogen-bond donors (Lipinski definition) is 1. The molecule has 0 radical (unpaired) electrons. The zero-order chi connectivity index (χ0) is 21.6. The van der Waals surface area contributed by atoms with Gasteiger partial charge in [0.1, 0.15) is 6.33 Å². The van der Waals surface area contributed by atoms with Gasteiger partial charge in [-0.05, 0) is 51.9 Å². The van der Waals surface area contributed by atoms with E-state index in [9.17, 15) is 14.7 Å². The van der Waals surface area contributed by atoms with Gasteiger partial charge in [-0.25, -0.2) is 9.67 Å². The fourth-order valence-electron chi connectivity index (χ4n) is 5.66. The Labute approximate surface area is 180 Å². The summed E-state index contributed by atoms with van der Waals surface area (Å²) < 4.78 is 3.54. The van der Waals surface area contributed by atoms with Gasteiger partial charge in [-0.2, -0.15) is 0 Å². The molecule has 6 rings (SSSR count). The van der Waals surface area contributed by atoms with E-state index >= 15 is 0 Å². The molecule has 2 aromatic heterocycles. The Morgan fingerprint density at radius 2 is 2.00 bits per heavy atom. The summed E-state index contributed by atoms with van der Waals surface area (Å²) in [6, 6.07) is 0.306. The van der Waals surface area contributed by atoms with E-state index in [1.54, 1.807) is 11.0 Å². The molecule has 2 saturated heterocycles. The zero-order valence-corrected chi connectivity index (χ0v) is 17.9. The first-order chi connectivity index (χ1) is 15.0. The van der Waals surface area contributed by atoms with Crippen LogP contribution in [-0.4, -0.2) is 64.2 Å². The summed E-state index contributed by atoms with van der Waals surface area (Å²) in [5, 5.41) is 22.6. The molecule has 2 atom stereocenters. The lowest BCUT2D eigenvalue weighted by atomic mass is 9.66. The highest BCUT2D eigenvalue weighted by Gasteiger charge is 2.49. The number of carboxylic acid groups (broad SMARTS) is 1. The van der Waals surface area contributed by atoms with Crippen LogP contribution in [-0.2, 0) is 16.8 Å². The van der Waals surface area contributed by atoms with Gasteiger partial charge in [0, 0.05) is 30.7 Å². The highest BCUT2D eigenvalue weighted by molar-refractivity contribution is 5.90. The number of aromatic nitrogens is 6. The summed E-state index contributed by atoms with van der Waals surface area (Å²) in [5.41, 5.74) is 0.726. The Bertz CT molecular complexity index is 975. The van der Waals surface area contributed by atoms with E-state index in [2.05, 4.69) is 20.4 Å². The second kappa shape index (κ2) is 7.72. The highest BCUT2D eigenvalue weighted by atomic mass is 16.4. The fraction of sp³-hybridized carbons (Fsp3) is 0.714. The van der Waals surface area contributed by atoms with Crippen molar-refractivity contribution in [1.29, 1.82) is 0 Å². The van der Waals surface area contributed by atoms with Gasteiger partial charge >= 0.3 is 5.97 Å². The van der Waals surface area contributed by atoms with Crippen molar-refractivity contribution >= 4 is 11.9 Å². The maximum Gasteiger partial charge on any atom is 0.306 e. The van der Waals surface area contributed by atoms with Crippen LogP contribution in [0.2, 0.25) is 0 Å². The van der Waals surface area contributed by atoms with Gasteiger partial charge in [0.05, 0.1) is 17.7 Å². The second-order valence-corrected chi connectivity index (χ2v) is 9.31. The third kappa shape index (κ3) is 3.51. The van der Waals surface area contributed by atoms with Crippen LogP contribution >= 0.6 is 0 Å². The quantitative estimate of drug-likeness (QED) is 0.775. The summed E-state index contributed by atoms with van der Waals surface area (Å²) in [6.07, 6.45) is 10.6. The Balaban J connectivity index is 1.35. The molecule has 0 spiro atoms. The lowest BCUT2D eigenvalue weighted by molar-refractivity contribution is -0.143. The second-order valence-electron chi connectivity index (χ2n) is 9.31. The molecule has 2 unspecified atom stereocenters. The first-order valence-corrected chi connectivity index (χ1v) is 11.3. The lowest BCUT2D eigenvalue weighted by Crippen LogP contribution is -2.58. The average Bonchev–Trinajstić information content (AvgIpc) is 3.50. The first kappa shape index (κ1) is 20.1. The number of carbonyl (C=O) groups is 2. The molecular weight excluding hydrogens is 398 g/mol. The summed E-state index contributed by atoms with van der Waals surface area (Å²) in [6.45, 7) is 3.26. The van der Waals surface area contributed by atoms with Crippen LogP contribution < -0.4 is 0 Å². The number of carbonyl (C=O) groups excluding carboxylic acids is 1. The molecule has 2 aromatic rings. The molecule has 2 aliphatic carbocycles. The molecule has 1 amide bonds. The molecule has 2 aliphatic heterocycles. The van der Waals surface area contributed by atoms with Gasteiger partial charge in [0.25, 0.3) is 5.91 Å². The Morgan fingerprint density at radius 3 is 2.71 bits per heavy atom. The maximum absolute atomic E-state index is 13.1. The van der Waals surface area contributed by atoms with Crippen molar-refractivity contribution in [3.63, 3.8) is 0 Å². The maximum atomic E-state index is 13.1. The van der Waals surface area contributed by atoms with Gasteiger partial charge in [0.15, 0.2) is 0 Å². The van der Waals surface area contributed by atoms with Gasteiger partial charge in [0.2, 0.25) is 5.82 Å². The van der Waals surface area contributed by atoms with Gasteiger partial charge < -0.3 is 10.0 Å². The summed E-state index contributed by atoms with van der Waals surface area (Å²) in [5.74, 6) is -0.874. The number of nitrogens with zero attached hydrogens (tertiary/aromatic N) is 7. The van der Waals surface area contributed by atoms with Crippen LogP contribution in [0.5, 0.6) is 0 Å². The zero-order valence-electron chi connectivity index (χ0n) is 17.9. The molecule has 10 heteroatoms. The van der Waals surface area contributed by atoms with Gasteiger partial charge in [-0.15, -0.1) is 10.2 Å². The van der Waals surface area contributed by atoms with Crippen molar-refractivity contribution in [2.45, 2.75) is 82.3 Å². The molecule has 2 saturated carbocycles. The van der Waals surface area contributed by atoms with E-state index < -0.39 is 5.97 Å². The normalized spacial score (nSPS) is 30.5. The number of piperidine rings is 2. The molecule has 2 bridgehead atoms. The number of aryl methyl sites for hydroxylation is 1. The number of rotatable bonds is 5. The van der Waals surface area contributed by atoms with E-state index in [4.69, 9.17) is 0 Å². The predicted octanol–water partition coefficient (Wildman–Crippen LogP) is 2.04. The summed E-state index contributed by atoms with van der Waals surface area (Å²) >= 11 is 0. The van der Waals surface area contributed by atoms with Gasteiger partial charge in [-0.1, -0.05) is 11.6 Å². The third-order valence-corrected chi connectivity index (χ3v) is 7.56. The lowest BCUT2D eigenvalue weighted by Gasteiger charge is -2.51. The standard InChI is InChI=1S/C21H29N7O3/c1-2-26-13-22-18(24-26)19(29)27-12-21(8-6-15(27)7-9-21)17-11-28(25-23-17)16-5-3-4-14(10-16)20(30)31/h11,13-16H,2-10,12H2,1H3,(H,30,31). The van der Waals surface area contributed by atoms with E-state index in [0.29, 0.717) is 19.5 Å². The van der Waals surface area contributed by atoms with Crippen LogP contribution in [0.15, 0.2) is 12.5 Å². The van der Waals surface area contributed by atoms with E-state index in [1.807, 2.05) is 22.7 Å². The molecule has 31 heavy (non-hydrogen) atoms. The topological polar surface area (TPSA) is 119 Å². The monoisotopic (exact) mass is 427 g/mol. The van der Waals surface area contributed by atoms with E-state index in [-0.39, 0.29) is 35.1 Å². The molecule has 4 heterocycles. The summed E-state index contributed by atoms with van der Waals surface area (Å²) in [4.78, 5) is 30.7. The number of fused-ring (bicyclic) bond motifs is 3. The number of amides is 1. The predicted molar refractivity (Wildman–Crippen MR) is 109 cm³/mol. The van der Waals surface area contributed by atoms with Crippen molar-refractivity contribution in [3.8, 4) is 0 Å². The van der Waals surface area contributed by atoms with Crippen LogP contribution in [0.25, 0.3) is 0 Å². The molecule has 0 aromatic carbocycles. The minimum atomic E-state index is -0.720. The minimum Gasteiger partial charge on any atom is -0.481 e. The number of carboxylic acids is 1. The van der Waals surface area contributed by atoms with Crippen LogP contribution in [0.1, 0.15) is 80.6 Å². The van der Waals surface area contributed by atoms with Crippen LogP contribution in [0.4, 0.5) is 0 Å². The largest absolute Gasteiger partial charge is 0.481 e. The smallest absolute Gasteiger partial charge is 0.306 e. The highest BCUT2D eigenvalue weighted by Crippen LogP contribution is 2.46. The average molecular weight is 428 g/mol. The van der Waals surface area contributed by atoms with E-state index in [1.165, 1.54) is 0 Å². The molecule has 4 aliphatic rings. The summed E-state index contributed by atoms with van der Waals surface area (Å²) in [7, 11) is 0. The Morgan fingerprint density at radius 1 is 1.19 bits per heavy atom. The number of hydrogen-bond acceptors (Lipinski definition) is 6. The minimum absolute atomic E-state index is 0.0763. The Kier molecular flexibility index (Phi) is 5.02. The SMILES string of the molecule is CCn1cnc(C(=O)N2CC3(c4cn(C5CCCC(C(=O)O)C5)nn4)CCC2CC3)n1. The van der Waals surface area contributed by atoms with Gasteiger partial charge in [-0.3, -0.25) is 14.3 Å². The van der Waals surface area contributed by atoms with Crippen molar-refractivity contribution in [3.05, 3.63) is 24.0 Å². The molecule has 10 nitrogen and oxygen atoms in total. The van der Waals surface area contributed by atoms with Crippen LogP contribution in [0.3, 0.4) is 0 Å². The molecular formula is C21H29N7O3. The van der Waals surface area contributed by atoms with E-state index in [0.717, 1.165) is 50.6 Å².